The van der Waals surface area contributed by atoms with Crippen molar-refractivity contribution in [3.63, 3.8) is 0 Å². The molecule has 1 heterocycles. The van der Waals surface area contributed by atoms with Crippen LogP contribution >= 0.6 is 0 Å². The number of aliphatic carboxylic acids is 1. The number of carbonyl (C=O) groups is 2. The SMILES string of the molecule is CC(C)=CCc1cc(C(=O)Cc2cc3ccc(OCCCNCC(=O)O)c(C)c3oc2=O)ccc1C. The molecule has 0 amide bonds. The molecule has 2 aromatic carbocycles. The third kappa shape index (κ3) is 7.15. The molecular weight excluding hydrogens is 458 g/mol. The summed E-state index contributed by atoms with van der Waals surface area (Å²) in [5.41, 5.74) is 4.92. The first-order chi connectivity index (χ1) is 17.2. The van der Waals surface area contributed by atoms with Gasteiger partial charge in [0.25, 0.3) is 0 Å². The van der Waals surface area contributed by atoms with E-state index in [0.29, 0.717) is 47.6 Å². The number of hydrogen-bond donors (Lipinski definition) is 2. The van der Waals surface area contributed by atoms with Crippen LogP contribution in [0.15, 0.2) is 57.3 Å². The van der Waals surface area contributed by atoms with Gasteiger partial charge in [-0.25, -0.2) is 4.79 Å². The van der Waals surface area contributed by atoms with Crippen LogP contribution < -0.4 is 15.7 Å². The molecule has 3 aromatic rings. The van der Waals surface area contributed by atoms with Gasteiger partial charge in [0.15, 0.2) is 5.78 Å². The molecule has 0 atom stereocenters. The normalized spacial score (nSPS) is 10.9. The standard InChI is InChI=1S/C29H33NO6/c1-18(2)6-8-21-14-22(9-7-19(21)3)25(31)16-24-15-23-10-11-26(20(4)28(23)36-29(24)34)35-13-5-12-30-17-27(32)33/h6-7,9-11,14-15,30H,5,8,12-13,16-17H2,1-4H3,(H,32,33). The summed E-state index contributed by atoms with van der Waals surface area (Å²) in [7, 11) is 0. The molecular formula is C29H33NO6. The van der Waals surface area contributed by atoms with Crippen LogP contribution in [0.1, 0.15) is 52.9 Å². The number of ether oxygens (including phenoxy) is 1. The van der Waals surface area contributed by atoms with Gasteiger partial charge in [-0.3, -0.25) is 9.59 Å². The summed E-state index contributed by atoms with van der Waals surface area (Å²) in [4.78, 5) is 36.3. The van der Waals surface area contributed by atoms with E-state index in [1.807, 2.05) is 45.9 Å². The van der Waals surface area contributed by atoms with Gasteiger partial charge in [-0.2, -0.15) is 0 Å². The van der Waals surface area contributed by atoms with Gasteiger partial charge in [-0.15, -0.1) is 0 Å². The molecule has 0 radical (unpaired) electrons. The van der Waals surface area contributed by atoms with Gasteiger partial charge in [-0.1, -0.05) is 23.8 Å². The Morgan fingerprint density at radius 1 is 1.08 bits per heavy atom. The Balaban J connectivity index is 1.73. The predicted molar refractivity (Wildman–Crippen MR) is 140 cm³/mol. The smallest absolute Gasteiger partial charge is 0.339 e. The van der Waals surface area contributed by atoms with Gasteiger partial charge in [0.05, 0.1) is 13.2 Å². The van der Waals surface area contributed by atoms with Crippen LogP contribution in [0.25, 0.3) is 11.0 Å². The zero-order valence-electron chi connectivity index (χ0n) is 21.3. The van der Waals surface area contributed by atoms with E-state index < -0.39 is 11.6 Å². The number of rotatable bonds is 12. The minimum absolute atomic E-state index is 0.0376. The summed E-state index contributed by atoms with van der Waals surface area (Å²) in [5, 5.41) is 12.2. The largest absolute Gasteiger partial charge is 0.493 e. The van der Waals surface area contributed by atoms with Crippen molar-refractivity contribution in [2.24, 2.45) is 0 Å². The third-order valence-electron chi connectivity index (χ3n) is 5.96. The summed E-state index contributed by atoms with van der Waals surface area (Å²) in [5.74, 6) is -0.440. The number of ketones is 1. The van der Waals surface area contributed by atoms with E-state index in [-0.39, 0.29) is 18.7 Å². The molecule has 0 fully saturated rings. The first-order valence-corrected chi connectivity index (χ1v) is 12.0. The average molecular weight is 492 g/mol. The van der Waals surface area contributed by atoms with Crippen molar-refractivity contribution in [3.8, 4) is 5.75 Å². The van der Waals surface area contributed by atoms with E-state index >= 15 is 0 Å². The quantitative estimate of drug-likeness (QED) is 0.162. The first-order valence-electron chi connectivity index (χ1n) is 12.0. The van der Waals surface area contributed by atoms with E-state index in [1.165, 1.54) is 5.57 Å². The molecule has 0 saturated heterocycles. The monoisotopic (exact) mass is 491 g/mol. The van der Waals surface area contributed by atoms with Crippen molar-refractivity contribution in [2.45, 2.75) is 47.0 Å². The van der Waals surface area contributed by atoms with E-state index in [4.69, 9.17) is 14.3 Å². The molecule has 1 aromatic heterocycles. The molecule has 0 saturated carbocycles. The Morgan fingerprint density at radius 3 is 2.58 bits per heavy atom. The number of aryl methyl sites for hydroxylation is 2. The van der Waals surface area contributed by atoms with Crippen LogP contribution in [-0.2, 0) is 17.6 Å². The molecule has 0 bridgehead atoms. The Kier molecular flexibility index (Phi) is 9.19. The number of Topliss-reactive ketones (excluding diaryl/α,β-unsaturated/α-hetero) is 1. The molecule has 0 aliphatic heterocycles. The van der Waals surface area contributed by atoms with Crippen molar-refractivity contribution < 1.29 is 23.8 Å². The Bertz CT molecular complexity index is 1350. The summed E-state index contributed by atoms with van der Waals surface area (Å²) < 4.78 is 11.4. The second kappa shape index (κ2) is 12.3. The highest BCUT2D eigenvalue weighted by atomic mass is 16.5. The molecule has 7 heteroatoms. The van der Waals surface area contributed by atoms with Crippen molar-refractivity contribution in [1.82, 2.24) is 5.32 Å². The molecule has 190 valence electrons. The highest BCUT2D eigenvalue weighted by molar-refractivity contribution is 5.98. The number of benzene rings is 2. The zero-order chi connectivity index (χ0) is 26.2. The molecule has 36 heavy (non-hydrogen) atoms. The highest BCUT2D eigenvalue weighted by Gasteiger charge is 2.15. The van der Waals surface area contributed by atoms with Gasteiger partial charge in [-0.05, 0) is 82.5 Å². The van der Waals surface area contributed by atoms with E-state index in [2.05, 4.69) is 11.4 Å². The summed E-state index contributed by atoms with van der Waals surface area (Å²) in [6.07, 6.45) is 3.48. The fourth-order valence-corrected chi connectivity index (χ4v) is 3.86. The average Bonchev–Trinajstić information content (AvgIpc) is 2.82. The van der Waals surface area contributed by atoms with Gasteiger partial charge in [0, 0.05) is 28.5 Å². The molecule has 3 rings (SSSR count). The topological polar surface area (TPSA) is 106 Å². The molecule has 0 spiro atoms. The number of carboxylic acids is 1. The van der Waals surface area contributed by atoms with Crippen LogP contribution in [0.5, 0.6) is 5.75 Å². The molecule has 2 N–H and O–H groups in total. The maximum absolute atomic E-state index is 13.0. The van der Waals surface area contributed by atoms with Gasteiger partial charge in [0.2, 0.25) is 0 Å². The molecule has 0 aliphatic carbocycles. The lowest BCUT2D eigenvalue weighted by Crippen LogP contribution is -2.24. The summed E-state index contributed by atoms with van der Waals surface area (Å²) >= 11 is 0. The zero-order valence-corrected chi connectivity index (χ0v) is 21.3. The Labute approximate surface area is 210 Å². The lowest BCUT2D eigenvalue weighted by molar-refractivity contribution is -0.135. The van der Waals surface area contributed by atoms with E-state index in [1.54, 1.807) is 18.2 Å². The third-order valence-corrected chi connectivity index (χ3v) is 5.96. The second-order valence-electron chi connectivity index (χ2n) is 9.17. The number of nitrogens with one attached hydrogen (secondary N) is 1. The maximum Gasteiger partial charge on any atom is 0.339 e. The van der Waals surface area contributed by atoms with Crippen molar-refractivity contribution in [2.75, 3.05) is 19.7 Å². The molecule has 0 aliphatic rings. The number of carboxylic acid groups (broad SMARTS) is 1. The lowest BCUT2D eigenvalue weighted by atomic mass is 9.97. The maximum atomic E-state index is 13.0. The minimum atomic E-state index is -0.902. The second-order valence-corrected chi connectivity index (χ2v) is 9.17. The molecule has 7 nitrogen and oxygen atoms in total. The van der Waals surface area contributed by atoms with Crippen LogP contribution in [0, 0.1) is 13.8 Å². The minimum Gasteiger partial charge on any atom is -0.493 e. The van der Waals surface area contributed by atoms with Crippen LogP contribution in [0.3, 0.4) is 0 Å². The number of allylic oxidation sites excluding steroid dienone is 2. The Hall–Kier alpha value is -3.71. The number of carbonyl (C=O) groups excluding carboxylic acids is 1. The summed E-state index contributed by atoms with van der Waals surface area (Å²) in [6.45, 7) is 8.74. The summed E-state index contributed by atoms with van der Waals surface area (Å²) in [6, 6.07) is 11.0. The van der Waals surface area contributed by atoms with E-state index in [0.717, 1.165) is 22.9 Å². The van der Waals surface area contributed by atoms with Crippen molar-refractivity contribution in [3.05, 3.63) is 86.3 Å². The fourth-order valence-electron chi connectivity index (χ4n) is 3.86. The van der Waals surface area contributed by atoms with Crippen LogP contribution in [0.2, 0.25) is 0 Å². The Morgan fingerprint density at radius 2 is 1.86 bits per heavy atom. The predicted octanol–water partition coefficient (Wildman–Crippen LogP) is 4.79. The van der Waals surface area contributed by atoms with Gasteiger partial charge < -0.3 is 19.6 Å². The van der Waals surface area contributed by atoms with Crippen LogP contribution in [-0.4, -0.2) is 36.6 Å². The molecule has 0 unspecified atom stereocenters. The van der Waals surface area contributed by atoms with E-state index in [9.17, 15) is 14.4 Å². The number of hydrogen-bond acceptors (Lipinski definition) is 6. The van der Waals surface area contributed by atoms with Crippen LogP contribution in [0.4, 0.5) is 0 Å². The van der Waals surface area contributed by atoms with Crippen molar-refractivity contribution in [1.29, 1.82) is 0 Å². The fraction of sp³-hybridized carbons (Fsp3) is 0.345. The van der Waals surface area contributed by atoms with Gasteiger partial charge >= 0.3 is 11.6 Å². The van der Waals surface area contributed by atoms with Gasteiger partial charge in [0.1, 0.15) is 11.3 Å². The number of fused-ring (bicyclic) bond motifs is 1. The highest BCUT2D eigenvalue weighted by Crippen LogP contribution is 2.27. The van der Waals surface area contributed by atoms with Crippen molar-refractivity contribution >= 4 is 22.7 Å². The first kappa shape index (κ1) is 26.9. The lowest BCUT2D eigenvalue weighted by Gasteiger charge is -2.11.